The monoisotopic (exact) mass is 332 g/mol. The fourth-order valence-corrected chi connectivity index (χ4v) is 2.55. The van der Waals surface area contributed by atoms with E-state index in [2.05, 4.69) is 27.4 Å². The van der Waals surface area contributed by atoms with Crippen molar-refractivity contribution in [1.29, 1.82) is 0 Å². The molecule has 2 rings (SSSR count). The first kappa shape index (κ1) is 18.0. The Bertz CT molecular complexity index is 546. The summed E-state index contributed by atoms with van der Waals surface area (Å²) in [5.74, 6) is 1.23. The van der Waals surface area contributed by atoms with Crippen LogP contribution in [0.4, 0.5) is 0 Å². The minimum atomic E-state index is -0.00884. The number of nitrogens with zero attached hydrogens (tertiary/aromatic N) is 3. The van der Waals surface area contributed by atoms with Gasteiger partial charge in [-0.1, -0.05) is 5.16 Å². The van der Waals surface area contributed by atoms with Gasteiger partial charge in [0.25, 0.3) is 5.89 Å². The maximum absolute atomic E-state index is 5.52. The summed E-state index contributed by atoms with van der Waals surface area (Å²) in [5.41, 5.74) is 0. The Balaban J connectivity index is 0.00000220. The molecule has 0 saturated carbocycles. The van der Waals surface area contributed by atoms with Crippen LogP contribution in [0.1, 0.15) is 37.7 Å². The second kappa shape index (κ2) is 8.43. The summed E-state index contributed by atoms with van der Waals surface area (Å²) < 4.78 is 10.8. The third kappa shape index (κ3) is 4.74. The molecular formula is C13H21ClN4O2S. The molecule has 2 atom stereocenters. The maximum atomic E-state index is 5.52. The standard InChI is InChI=1S/C13H20N4O2S.ClH/c1-5-18-9(3)13-15-7-10(20-13)12-16-11(17-19-12)6-8(2)14-4;/h7-9,14H,5-6H2,1-4H3;1H. The first-order chi connectivity index (χ1) is 9.63. The summed E-state index contributed by atoms with van der Waals surface area (Å²) in [6, 6.07) is 0.315. The highest BCUT2D eigenvalue weighted by Gasteiger charge is 2.16. The normalized spacial score (nSPS) is 13.7. The van der Waals surface area contributed by atoms with Crippen LogP contribution in [0.25, 0.3) is 10.8 Å². The molecule has 0 aliphatic heterocycles. The van der Waals surface area contributed by atoms with Crippen LogP contribution < -0.4 is 5.32 Å². The molecule has 2 heterocycles. The second-order valence-electron chi connectivity index (χ2n) is 4.57. The third-order valence-corrected chi connectivity index (χ3v) is 4.09. The lowest BCUT2D eigenvalue weighted by Crippen LogP contribution is -2.24. The van der Waals surface area contributed by atoms with Crippen LogP contribution in [0, 0.1) is 0 Å². The first-order valence-corrected chi connectivity index (χ1v) is 7.53. The second-order valence-corrected chi connectivity index (χ2v) is 5.63. The molecule has 0 radical (unpaired) electrons. The van der Waals surface area contributed by atoms with Crippen LogP contribution in [0.2, 0.25) is 0 Å². The van der Waals surface area contributed by atoms with E-state index in [1.807, 2.05) is 20.9 Å². The Morgan fingerprint density at radius 3 is 2.86 bits per heavy atom. The van der Waals surface area contributed by atoms with Crippen molar-refractivity contribution in [2.24, 2.45) is 0 Å². The molecule has 0 amide bonds. The topological polar surface area (TPSA) is 73.1 Å². The minimum absolute atomic E-state index is 0. The average Bonchev–Trinajstić information content (AvgIpc) is 3.07. The zero-order chi connectivity index (χ0) is 14.5. The Morgan fingerprint density at radius 2 is 2.19 bits per heavy atom. The molecule has 21 heavy (non-hydrogen) atoms. The van der Waals surface area contributed by atoms with Crippen LogP contribution in [0.5, 0.6) is 0 Å². The Labute approximate surface area is 134 Å². The van der Waals surface area contributed by atoms with Gasteiger partial charge in [-0.25, -0.2) is 4.98 Å². The SMILES string of the molecule is CCOC(C)c1ncc(-c2nc(CC(C)NC)no2)s1.Cl. The summed E-state index contributed by atoms with van der Waals surface area (Å²) in [6.45, 7) is 6.70. The zero-order valence-electron chi connectivity index (χ0n) is 12.6. The molecule has 0 spiro atoms. The molecule has 6 nitrogen and oxygen atoms in total. The first-order valence-electron chi connectivity index (χ1n) is 6.71. The Hall–Kier alpha value is -1.02. The molecule has 0 bridgehead atoms. The number of likely N-dealkylation sites (N-methyl/N-ethyl adjacent to an activating group) is 1. The number of thiazole rings is 1. The Morgan fingerprint density at radius 1 is 1.43 bits per heavy atom. The molecule has 2 unspecified atom stereocenters. The largest absolute Gasteiger partial charge is 0.372 e. The van der Waals surface area contributed by atoms with Crippen LogP contribution in [-0.4, -0.2) is 34.8 Å². The van der Waals surface area contributed by atoms with Crippen molar-refractivity contribution < 1.29 is 9.26 Å². The van der Waals surface area contributed by atoms with Gasteiger partial charge in [-0.3, -0.25) is 0 Å². The van der Waals surface area contributed by atoms with Gasteiger partial charge < -0.3 is 14.6 Å². The van der Waals surface area contributed by atoms with Gasteiger partial charge in [0.05, 0.1) is 6.20 Å². The smallest absolute Gasteiger partial charge is 0.269 e. The van der Waals surface area contributed by atoms with Crippen molar-refractivity contribution >= 4 is 23.7 Å². The highest BCUT2D eigenvalue weighted by atomic mass is 35.5. The molecule has 2 aromatic heterocycles. The van der Waals surface area contributed by atoms with E-state index in [0.29, 0.717) is 24.4 Å². The zero-order valence-corrected chi connectivity index (χ0v) is 14.3. The molecule has 118 valence electrons. The fraction of sp³-hybridized carbons (Fsp3) is 0.615. The van der Waals surface area contributed by atoms with E-state index < -0.39 is 0 Å². The molecule has 0 aliphatic carbocycles. The van der Waals surface area contributed by atoms with E-state index in [1.54, 1.807) is 6.20 Å². The maximum Gasteiger partial charge on any atom is 0.269 e. The summed E-state index contributed by atoms with van der Waals surface area (Å²) in [4.78, 5) is 9.63. The molecule has 8 heteroatoms. The van der Waals surface area contributed by atoms with Gasteiger partial charge in [0.2, 0.25) is 0 Å². The molecule has 0 aromatic carbocycles. The predicted molar refractivity (Wildman–Crippen MR) is 84.9 cm³/mol. The number of halogens is 1. The van der Waals surface area contributed by atoms with Gasteiger partial charge in [-0.2, -0.15) is 4.98 Å². The van der Waals surface area contributed by atoms with Crippen molar-refractivity contribution in [3.05, 3.63) is 17.0 Å². The van der Waals surface area contributed by atoms with E-state index in [4.69, 9.17) is 9.26 Å². The fourth-order valence-electron chi connectivity index (χ4n) is 1.71. The van der Waals surface area contributed by atoms with E-state index in [1.165, 1.54) is 11.3 Å². The van der Waals surface area contributed by atoms with Crippen LogP contribution in [0.3, 0.4) is 0 Å². The van der Waals surface area contributed by atoms with Gasteiger partial charge in [0.15, 0.2) is 5.82 Å². The number of ether oxygens (including phenoxy) is 1. The highest BCUT2D eigenvalue weighted by Crippen LogP contribution is 2.29. The summed E-state index contributed by atoms with van der Waals surface area (Å²) >= 11 is 1.52. The number of rotatable bonds is 7. The average molecular weight is 333 g/mol. The predicted octanol–water partition coefficient (Wildman–Crippen LogP) is 2.86. The van der Waals surface area contributed by atoms with Crippen molar-refractivity contribution in [3.63, 3.8) is 0 Å². The van der Waals surface area contributed by atoms with Crippen molar-refractivity contribution in [1.82, 2.24) is 20.4 Å². The molecule has 1 N–H and O–H groups in total. The molecule has 2 aromatic rings. The summed E-state index contributed by atoms with van der Waals surface area (Å²) in [7, 11) is 1.91. The van der Waals surface area contributed by atoms with Crippen LogP contribution >= 0.6 is 23.7 Å². The van der Waals surface area contributed by atoms with Gasteiger partial charge in [-0.05, 0) is 27.8 Å². The minimum Gasteiger partial charge on any atom is -0.372 e. The number of hydrogen-bond acceptors (Lipinski definition) is 7. The molecule has 0 saturated heterocycles. The third-order valence-electron chi connectivity index (χ3n) is 2.95. The van der Waals surface area contributed by atoms with Crippen LogP contribution in [-0.2, 0) is 11.2 Å². The lowest BCUT2D eigenvalue weighted by Gasteiger charge is -2.06. The van der Waals surface area contributed by atoms with Gasteiger partial charge >= 0.3 is 0 Å². The summed E-state index contributed by atoms with van der Waals surface area (Å²) in [6.07, 6.45) is 2.49. The van der Waals surface area contributed by atoms with Crippen molar-refractivity contribution in [2.45, 2.75) is 39.3 Å². The van der Waals surface area contributed by atoms with Crippen LogP contribution in [0.15, 0.2) is 10.7 Å². The number of aromatic nitrogens is 3. The van der Waals surface area contributed by atoms with Crippen molar-refractivity contribution in [2.75, 3.05) is 13.7 Å². The molecular weight excluding hydrogens is 312 g/mol. The Kier molecular flexibility index (Phi) is 7.24. The van der Waals surface area contributed by atoms with Gasteiger partial charge in [0, 0.05) is 19.1 Å². The number of nitrogens with one attached hydrogen (secondary N) is 1. The molecule has 0 fully saturated rings. The van der Waals surface area contributed by atoms with E-state index in [0.717, 1.165) is 16.3 Å². The quantitative estimate of drug-likeness (QED) is 0.840. The lowest BCUT2D eigenvalue weighted by atomic mass is 10.2. The van der Waals surface area contributed by atoms with E-state index >= 15 is 0 Å². The highest BCUT2D eigenvalue weighted by molar-refractivity contribution is 7.15. The lowest BCUT2D eigenvalue weighted by molar-refractivity contribution is 0.0762. The van der Waals surface area contributed by atoms with Crippen molar-refractivity contribution in [3.8, 4) is 10.8 Å². The summed E-state index contributed by atoms with van der Waals surface area (Å²) in [5, 5.41) is 8.06. The molecule has 0 aliphatic rings. The number of hydrogen-bond donors (Lipinski definition) is 1. The van der Waals surface area contributed by atoms with E-state index in [9.17, 15) is 0 Å². The van der Waals surface area contributed by atoms with E-state index in [-0.39, 0.29) is 18.5 Å². The van der Waals surface area contributed by atoms with Gasteiger partial charge in [-0.15, -0.1) is 23.7 Å². The van der Waals surface area contributed by atoms with Gasteiger partial charge in [0.1, 0.15) is 16.0 Å².